The Balaban J connectivity index is 1.82. The van der Waals surface area contributed by atoms with Crippen LogP contribution in [0.2, 0.25) is 0 Å². The Morgan fingerprint density at radius 3 is 2.63 bits per heavy atom. The quantitative estimate of drug-likeness (QED) is 0.673. The Morgan fingerprint density at radius 2 is 1.84 bits per heavy atom. The van der Waals surface area contributed by atoms with Gasteiger partial charge in [0.2, 0.25) is 0 Å². The van der Waals surface area contributed by atoms with E-state index >= 15 is 0 Å². The van der Waals surface area contributed by atoms with Crippen LogP contribution in [0.15, 0.2) is 53.7 Å². The lowest BCUT2D eigenvalue weighted by Crippen LogP contribution is -1.99. The lowest BCUT2D eigenvalue weighted by molar-refractivity contribution is 0.303. The van der Waals surface area contributed by atoms with Crippen molar-refractivity contribution in [3.8, 4) is 5.75 Å². The van der Waals surface area contributed by atoms with Crippen molar-refractivity contribution in [3.05, 3.63) is 65.2 Å². The molecule has 0 saturated heterocycles. The van der Waals surface area contributed by atoms with Crippen molar-refractivity contribution in [1.29, 1.82) is 0 Å². The van der Waals surface area contributed by atoms with E-state index in [0.717, 1.165) is 41.0 Å². The number of oxime groups is 1. The van der Waals surface area contributed by atoms with E-state index in [2.05, 4.69) is 5.16 Å². The zero-order valence-corrected chi connectivity index (χ0v) is 10.5. The van der Waals surface area contributed by atoms with Crippen molar-refractivity contribution >= 4 is 5.71 Å². The van der Waals surface area contributed by atoms with Crippen molar-refractivity contribution < 1.29 is 9.94 Å². The predicted molar refractivity (Wildman–Crippen MR) is 73.9 cm³/mol. The minimum absolute atomic E-state index is 0.558. The van der Waals surface area contributed by atoms with E-state index in [1.165, 1.54) is 0 Å². The molecule has 0 spiro atoms. The van der Waals surface area contributed by atoms with Gasteiger partial charge < -0.3 is 9.94 Å². The lowest BCUT2D eigenvalue weighted by Gasteiger charge is -2.10. The van der Waals surface area contributed by atoms with Crippen LogP contribution in [0.4, 0.5) is 0 Å². The Morgan fingerprint density at radius 1 is 1.00 bits per heavy atom. The number of hydrogen-bond acceptors (Lipinski definition) is 3. The van der Waals surface area contributed by atoms with Crippen LogP contribution >= 0.6 is 0 Å². The Hall–Kier alpha value is -2.29. The molecule has 0 heterocycles. The van der Waals surface area contributed by atoms with E-state index in [1.54, 1.807) is 0 Å². The van der Waals surface area contributed by atoms with Crippen molar-refractivity contribution in [2.45, 2.75) is 19.4 Å². The average Bonchev–Trinajstić information content (AvgIpc) is 2.90. The van der Waals surface area contributed by atoms with Crippen LogP contribution in [0, 0.1) is 0 Å². The molecular weight excluding hydrogens is 238 g/mol. The smallest absolute Gasteiger partial charge is 0.123 e. The minimum atomic E-state index is 0.558. The first-order chi connectivity index (χ1) is 9.38. The molecule has 19 heavy (non-hydrogen) atoms. The van der Waals surface area contributed by atoms with Gasteiger partial charge in [-0.2, -0.15) is 0 Å². The van der Waals surface area contributed by atoms with Gasteiger partial charge in [-0.3, -0.25) is 0 Å². The van der Waals surface area contributed by atoms with Gasteiger partial charge in [-0.05, 0) is 24.5 Å². The van der Waals surface area contributed by atoms with Gasteiger partial charge >= 0.3 is 0 Å². The summed E-state index contributed by atoms with van der Waals surface area (Å²) in [5, 5.41) is 12.3. The highest BCUT2D eigenvalue weighted by molar-refractivity contribution is 6.04. The number of rotatable bonds is 3. The lowest BCUT2D eigenvalue weighted by atomic mass is 10.1. The van der Waals surface area contributed by atoms with Crippen LogP contribution in [0.3, 0.4) is 0 Å². The second kappa shape index (κ2) is 5.14. The van der Waals surface area contributed by atoms with Gasteiger partial charge in [-0.1, -0.05) is 47.6 Å². The molecule has 1 aliphatic rings. The summed E-state index contributed by atoms with van der Waals surface area (Å²) in [7, 11) is 0. The van der Waals surface area contributed by atoms with Gasteiger partial charge in [0.25, 0.3) is 0 Å². The van der Waals surface area contributed by atoms with E-state index in [0.29, 0.717) is 6.61 Å². The minimum Gasteiger partial charge on any atom is -0.489 e. The monoisotopic (exact) mass is 253 g/mol. The second-order valence-corrected chi connectivity index (χ2v) is 4.60. The molecule has 1 N–H and O–H groups in total. The van der Waals surface area contributed by atoms with Gasteiger partial charge in [0.05, 0.1) is 5.71 Å². The van der Waals surface area contributed by atoms with E-state index in [1.807, 2.05) is 48.5 Å². The number of nitrogens with zero attached hydrogens (tertiary/aromatic N) is 1. The van der Waals surface area contributed by atoms with Gasteiger partial charge in [0, 0.05) is 11.1 Å². The molecular formula is C16H15NO2. The van der Waals surface area contributed by atoms with E-state index in [-0.39, 0.29) is 0 Å². The van der Waals surface area contributed by atoms with Crippen LogP contribution in [0.1, 0.15) is 23.1 Å². The molecule has 0 atom stereocenters. The molecule has 2 aromatic rings. The maximum atomic E-state index is 8.96. The molecule has 3 nitrogen and oxygen atoms in total. The standard InChI is InChI=1S/C16H15NO2/c18-17-15-10-9-14-13(15)7-4-8-16(14)19-11-12-5-2-1-3-6-12/h1-8,18H,9-11H2. The summed E-state index contributed by atoms with van der Waals surface area (Å²) in [5.41, 5.74) is 4.05. The highest BCUT2D eigenvalue weighted by Crippen LogP contribution is 2.31. The van der Waals surface area contributed by atoms with Crippen LogP contribution in [0.25, 0.3) is 0 Å². The van der Waals surface area contributed by atoms with Crippen LogP contribution in [-0.4, -0.2) is 10.9 Å². The summed E-state index contributed by atoms with van der Waals surface area (Å²) in [4.78, 5) is 0. The molecule has 96 valence electrons. The summed E-state index contributed by atoms with van der Waals surface area (Å²) in [6.45, 7) is 0.558. The number of hydrogen-bond donors (Lipinski definition) is 1. The third-order valence-electron chi connectivity index (χ3n) is 3.41. The molecule has 0 radical (unpaired) electrons. The Kier molecular flexibility index (Phi) is 3.19. The maximum Gasteiger partial charge on any atom is 0.123 e. The van der Waals surface area contributed by atoms with Crippen molar-refractivity contribution in [2.75, 3.05) is 0 Å². The van der Waals surface area contributed by atoms with Crippen molar-refractivity contribution in [3.63, 3.8) is 0 Å². The first kappa shape index (κ1) is 11.8. The fraction of sp³-hybridized carbons (Fsp3) is 0.188. The van der Waals surface area contributed by atoms with Gasteiger partial charge in [-0.15, -0.1) is 0 Å². The third-order valence-corrected chi connectivity index (χ3v) is 3.41. The first-order valence-electron chi connectivity index (χ1n) is 6.38. The van der Waals surface area contributed by atoms with Gasteiger partial charge in [0.1, 0.15) is 12.4 Å². The predicted octanol–water partition coefficient (Wildman–Crippen LogP) is 3.39. The molecule has 0 aliphatic heterocycles. The second-order valence-electron chi connectivity index (χ2n) is 4.60. The molecule has 0 fully saturated rings. The largest absolute Gasteiger partial charge is 0.489 e. The number of ether oxygens (including phenoxy) is 1. The highest BCUT2D eigenvalue weighted by atomic mass is 16.5. The zero-order valence-electron chi connectivity index (χ0n) is 10.5. The fourth-order valence-electron chi connectivity index (χ4n) is 2.45. The molecule has 0 unspecified atom stereocenters. The third kappa shape index (κ3) is 2.32. The number of benzene rings is 2. The number of fused-ring (bicyclic) bond motifs is 1. The molecule has 0 amide bonds. The Bertz CT molecular complexity index is 605. The topological polar surface area (TPSA) is 41.8 Å². The van der Waals surface area contributed by atoms with E-state index < -0.39 is 0 Å². The van der Waals surface area contributed by atoms with E-state index in [4.69, 9.17) is 9.94 Å². The normalized spacial score (nSPS) is 15.5. The van der Waals surface area contributed by atoms with Gasteiger partial charge in [-0.25, -0.2) is 0 Å². The van der Waals surface area contributed by atoms with Crippen molar-refractivity contribution in [2.24, 2.45) is 5.16 Å². The summed E-state index contributed by atoms with van der Waals surface area (Å²) in [6.07, 6.45) is 1.65. The van der Waals surface area contributed by atoms with Crippen molar-refractivity contribution in [1.82, 2.24) is 0 Å². The summed E-state index contributed by atoms with van der Waals surface area (Å²) in [5.74, 6) is 0.889. The van der Waals surface area contributed by atoms with Gasteiger partial charge in [0.15, 0.2) is 0 Å². The van der Waals surface area contributed by atoms with E-state index in [9.17, 15) is 0 Å². The molecule has 3 rings (SSSR count). The summed E-state index contributed by atoms with van der Waals surface area (Å²) >= 11 is 0. The fourth-order valence-corrected chi connectivity index (χ4v) is 2.45. The molecule has 0 bridgehead atoms. The van der Waals surface area contributed by atoms with Crippen LogP contribution in [-0.2, 0) is 13.0 Å². The first-order valence-corrected chi connectivity index (χ1v) is 6.38. The summed E-state index contributed by atoms with van der Waals surface area (Å²) in [6, 6.07) is 16.0. The van der Waals surface area contributed by atoms with Crippen LogP contribution in [0.5, 0.6) is 5.75 Å². The zero-order chi connectivity index (χ0) is 13.1. The Labute approximate surface area is 112 Å². The molecule has 2 aromatic carbocycles. The highest BCUT2D eigenvalue weighted by Gasteiger charge is 2.21. The molecule has 1 aliphatic carbocycles. The molecule has 3 heteroatoms. The maximum absolute atomic E-state index is 8.96. The molecule has 0 saturated carbocycles. The summed E-state index contributed by atoms with van der Waals surface area (Å²) < 4.78 is 5.89. The molecule has 0 aromatic heterocycles. The SMILES string of the molecule is ON=C1CCc2c(OCc3ccccc3)cccc21. The van der Waals surface area contributed by atoms with Crippen LogP contribution < -0.4 is 4.74 Å². The average molecular weight is 253 g/mol.